The Morgan fingerprint density at radius 2 is 1.62 bits per heavy atom. The Kier molecular flexibility index (Phi) is 4.98. The average molecular weight is 343 g/mol. The largest absolute Gasteiger partial charge is 0.330 e. The second-order valence-corrected chi connectivity index (χ2v) is 6.84. The molecule has 0 bridgehead atoms. The minimum Gasteiger partial charge on any atom is -0.330 e. The van der Waals surface area contributed by atoms with Gasteiger partial charge in [0, 0.05) is 13.0 Å². The van der Waals surface area contributed by atoms with Crippen molar-refractivity contribution in [2.45, 2.75) is 32.2 Å². The lowest BCUT2D eigenvalue weighted by molar-refractivity contribution is 0.644. The van der Waals surface area contributed by atoms with Crippen molar-refractivity contribution >= 4 is 21.8 Å². The van der Waals surface area contributed by atoms with Crippen molar-refractivity contribution in [1.29, 1.82) is 0 Å². The van der Waals surface area contributed by atoms with Crippen LogP contribution in [0, 0.1) is 0 Å². The van der Waals surface area contributed by atoms with Gasteiger partial charge in [0.25, 0.3) is 0 Å². The molecule has 4 aromatic rings. The number of para-hydroxylation sites is 2. The maximum atomic E-state index is 5.63. The highest BCUT2D eigenvalue weighted by Gasteiger charge is 2.12. The molecule has 4 rings (SSSR count). The fourth-order valence-electron chi connectivity index (χ4n) is 3.70. The van der Waals surface area contributed by atoms with Crippen LogP contribution in [-0.2, 0) is 13.0 Å². The van der Waals surface area contributed by atoms with Crippen molar-refractivity contribution in [3.8, 4) is 0 Å². The van der Waals surface area contributed by atoms with Crippen LogP contribution < -0.4 is 5.73 Å². The zero-order chi connectivity index (χ0) is 17.8. The topological polar surface area (TPSA) is 43.8 Å². The number of unbranched alkanes of at least 4 members (excludes halogenated alkanes) is 2. The molecule has 132 valence electrons. The van der Waals surface area contributed by atoms with E-state index < -0.39 is 0 Å². The van der Waals surface area contributed by atoms with Crippen LogP contribution in [0.2, 0.25) is 0 Å². The predicted octanol–water partition coefficient (Wildman–Crippen LogP) is 4.91. The average Bonchev–Trinajstić information content (AvgIpc) is 3.03. The molecule has 26 heavy (non-hydrogen) atoms. The molecule has 1 aromatic heterocycles. The zero-order valence-corrected chi connectivity index (χ0v) is 15.1. The van der Waals surface area contributed by atoms with Crippen LogP contribution in [0.1, 0.15) is 30.7 Å². The van der Waals surface area contributed by atoms with Crippen molar-refractivity contribution in [2.75, 3.05) is 6.54 Å². The lowest BCUT2D eigenvalue weighted by atomic mass is 10.0. The highest BCUT2D eigenvalue weighted by molar-refractivity contribution is 5.86. The Balaban J connectivity index is 1.72. The van der Waals surface area contributed by atoms with E-state index in [1.54, 1.807) is 0 Å². The van der Waals surface area contributed by atoms with E-state index in [-0.39, 0.29) is 0 Å². The third-order valence-electron chi connectivity index (χ3n) is 5.05. The lowest BCUT2D eigenvalue weighted by Gasteiger charge is -2.12. The van der Waals surface area contributed by atoms with E-state index in [2.05, 4.69) is 71.3 Å². The molecule has 0 fully saturated rings. The maximum Gasteiger partial charge on any atom is 0.110 e. The number of nitrogens with zero attached hydrogens (tertiary/aromatic N) is 2. The standard InChI is InChI=1S/C23H25N3/c24-16-7-1-2-15-23-25-21-13-5-6-14-22(21)26(23)17-19-11-8-10-18-9-3-4-12-20(18)19/h3-6,8-14H,1-2,7,15-17,24H2. The van der Waals surface area contributed by atoms with Gasteiger partial charge in [0.15, 0.2) is 0 Å². The molecule has 0 aliphatic rings. The first kappa shape index (κ1) is 16.8. The van der Waals surface area contributed by atoms with Crippen molar-refractivity contribution in [1.82, 2.24) is 9.55 Å². The van der Waals surface area contributed by atoms with Crippen LogP contribution in [-0.4, -0.2) is 16.1 Å². The quantitative estimate of drug-likeness (QED) is 0.485. The minimum absolute atomic E-state index is 0.770. The van der Waals surface area contributed by atoms with E-state index in [4.69, 9.17) is 10.7 Å². The Labute approximate surface area is 154 Å². The first-order chi connectivity index (χ1) is 12.9. The molecule has 0 unspecified atom stereocenters. The summed E-state index contributed by atoms with van der Waals surface area (Å²) in [5.74, 6) is 1.18. The molecule has 0 saturated carbocycles. The second-order valence-electron chi connectivity index (χ2n) is 6.84. The van der Waals surface area contributed by atoms with E-state index in [9.17, 15) is 0 Å². The molecule has 0 atom stereocenters. The summed E-state index contributed by atoms with van der Waals surface area (Å²) in [6.45, 7) is 1.63. The molecule has 2 N–H and O–H groups in total. The molecule has 0 amide bonds. The molecule has 0 aliphatic heterocycles. The van der Waals surface area contributed by atoms with Crippen LogP contribution in [0.15, 0.2) is 66.7 Å². The van der Waals surface area contributed by atoms with Gasteiger partial charge in [-0.15, -0.1) is 0 Å². The number of benzene rings is 3. The van der Waals surface area contributed by atoms with E-state index in [1.807, 2.05) is 0 Å². The Bertz CT molecular complexity index is 1010. The molecule has 0 radical (unpaired) electrons. The molecular formula is C23H25N3. The number of imidazole rings is 1. The molecule has 3 aromatic carbocycles. The van der Waals surface area contributed by atoms with E-state index >= 15 is 0 Å². The molecule has 0 aliphatic carbocycles. The first-order valence-electron chi connectivity index (χ1n) is 9.47. The van der Waals surface area contributed by atoms with Gasteiger partial charge in [0.1, 0.15) is 5.82 Å². The summed E-state index contributed by atoms with van der Waals surface area (Å²) >= 11 is 0. The van der Waals surface area contributed by atoms with E-state index in [0.717, 1.165) is 44.3 Å². The predicted molar refractivity (Wildman–Crippen MR) is 109 cm³/mol. The fourth-order valence-corrected chi connectivity index (χ4v) is 3.70. The number of hydrogen-bond donors (Lipinski definition) is 1. The third kappa shape index (κ3) is 3.35. The van der Waals surface area contributed by atoms with Crippen LogP contribution in [0.5, 0.6) is 0 Å². The third-order valence-corrected chi connectivity index (χ3v) is 5.05. The number of rotatable bonds is 7. The summed E-state index contributed by atoms with van der Waals surface area (Å²) in [4.78, 5) is 4.92. The molecule has 3 nitrogen and oxygen atoms in total. The second kappa shape index (κ2) is 7.71. The van der Waals surface area contributed by atoms with Gasteiger partial charge in [-0.2, -0.15) is 0 Å². The first-order valence-corrected chi connectivity index (χ1v) is 9.47. The van der Waals surface area contributed by atoms with Crippen molar-refractivity contribution < 1.29 is 0 Å². The smallest absolute Gasteiger partial charge is 0.110 e. The number of hydrogen-bond acceptors (Lipinski definition) is 2. The summed E-state index contributed by atoms with van der Waals surface area (Å²) in [5.41, 5.74) is 9.28. The van der Waals surface area contributed by atoms with Gasteiger partial charge in [-0.1, -0.05) is 61.0 Å². The molecule has 3 heteroatoms. The molecular weight excluding hydrogens is 318 g/mol. The number of aromatic nitrogens is 2. The van der Waals surface area contributed by atoms with E-state index in [0.29, 0.717) is 0 Å². The number of nitrogens with two attached hydrogens (primary N) is 1. The molecule has 0 saturated heterocycles. The van der Waals surface area contributed by atoms with Gasteiger partial charge in [0.05, 0.1) is 11.0 Å². The van der Waals surface area contributed by atoms with Crippen molar-refractivity contribution in [3.63, 3.8) is 0 Å². The molecule has 1 heterocycles. The number of aryl methyl sites for hydroxylation is 1. The van der Waals surface area contributed by atoms with Crippen LogP contribution in [0.4, 0.5) is 0 Å². The summed E-state index contributed by atoms with van der Waals surface area (Å²) < 4.78 is 2.39. The Hall–Kier alpha value is -2.65. The van der Waals surface area contributed by atoms with Crippen molar-refractivity contribution in [2.24, 2.45) is 5.73 Å². The normalized spacial score (nSPS) is 11.4. The van der Waals surface area contributed by atoms with Gasteiger partial charge in [0.2, 0.25) is 0 Å². The summed E-state index contributed by atoms with van der Waals surface area (Å²) in [6, 6.07) is 23.6. The van der Waals surface area contributed by atoms with Gasteiger partial charge >= 0.3 is 0 Å². The van der Waals surface area contributed by atoms with Gasteiger partial charge < -0.3 is 10.3 Å². The van der Waals surface area contributed by atoms with Crippen LogP contribution >= 0.6 is 0 Å². The Morgan fingerprint density at radius 3 is 2.54 bits per heavy atom. The zero-order valence-electron chi connectivity index (χ0n) is 15.1. The van der Waals surface area contributed by atoms with Gasteiger partial charge in [-0.3, -0.25) is 0 Å². The van der Waals surface area contributed by atoms with Crippen LogP contribution in [0.25, 0.3) is 21.8 Å². The SMILES string of the molecule is NCCCCCc1nc2ccccc2n1Cc1cccc2ccccc12. The van der Waals surface area contributed by atoms with Gasteiger partial charge in [-0.25, -0.2) is 4.98 Å². The lowest BCUT2D eigenvalue weighted by Crippen LogP contribution is -2.06. The molecule has 0 spiro atoms. The summed E-state index contributed by atoms with van der Waals surface area (Å²) in [5, 5.41) is 2.61. The van der Waals surface area contributed by atoms with Crippen molar-refractivity contribution in [3.05, 3.63) is 78.1 Å². The summed E-state index contributed by atoms with van der Waals surface area (Å²) in [7, 11) is 0. The maximum absolute atomic E-state index is 5.63. The monoisotopic (exact) mass is 343 g/mol. The van der Waals surface area contributed by atoms with Crippen LogP contribution in [0.3, 0.4) is 0 Å². The fraction of sp³-hybridized carbons (Fsp3) is 0.261. The minimum atomic E-state index is 0.770. The Morgan fingerprint density at radius 1 is 0.808 bits per heavy atom. The number of fused-ring (bicyclic) bond motifs is 2. The highest BCUT2D eigenvalue weighted by atomic mass is 15.1. The van der Waals surface area contributed by atoms with E-state index in [1.165, 1.54) is 27.7 Å². The van der Waals surface area contributed by atoms with Gasteiger partial charge in [-0.05, 0) is 47.9 Å². The summed E-state index contributed by atoms with van der Waals surface area (Å²) in [6.07, 6.45) is 4.38. The highest BCUT2D eigenvalue weighted by Crippen LogP contribution is 2.24.